The summed E-state index contributed by atoms with van der Waals surface area (Å²) in [7, 11) is 0. The minimum absolute atomic E-state index is 0.0616. The van der Waals surface area contributed by atoms with Crippen molar-refractivity contribution in [3.63, 3.8) is 0 Å². The molecule has 0 radical (unpaired) electrons. The van der Waals surface area contributed by atoms with Crippen molar-refractivity contribution in [1.82, 2.24) is 15.1 Å². The molecule has 0 aromatic carbocycles. The molecule has 0 bridgehead atoms. The number of aromatic nitrogens is 2. The van der Waals surface area contributed by atoms with Crippen LogP contribution in [0.25, 0.3) is 0 Å². The van der Waals surface area contributed by atoms with E-state index in [0.717, 1.165) is 17.8 Å². The third kappa shape index (κ3) is 4.13. The second-order valence-corrected chi connectivity index (χ2v) is 6.19. The number of carbonyl (C=O) groups is 1. The zero-order valence-corrected chi connectivity index (χ0v) is 14.2. The van der Waals surface area contributed by atoms with Crippen LogP contribution in [0.3, 0.4) is 0 Å². The fourth-order valence-electron chi connectivity index (χ4n) is 3.00. The summed E-state index contributed by atoms with van der Waals surface area (Å²) in [6.07, 6.45) is 4.61. The molecular formula is C17H24N4O2. The first-order chi connectivity index (χ1) is 10.9. The van der Waals surface area contributed by atoms with E-state index in [1.165, 1.54) is 5.56 Å². The Morgan fingerprint density at radius 1 is 1.52 bits per heavy atom. The van der Waals surface area contributed by atoms with Gasteiger partial charge in [-0.2, -0.15) is 10.4 Å². The minimum atomic E-state index is -0.381. The minimum Gasteiger partial charge on any atom is -0.442 e. The average molecular weight is 316 g/mol. The highest BCUT2D eigenvalue weighted by Crippen LogP contribution is 2.34. The fourth-order valence-corrected chi connectivity index (χ4v) is 3.00. The van der Waals surface area contributed by atoms with Crippen molar-refractivity contribution in [3.8, 4) is 6.07 Å². The molecule has 1 heterocycles. The van der Waals surface area contributed by atoms with Crippen molar-refractivity contribution in [3.05, 3.63) is 29.1 Å². The lowest BCUT2D eigenvalue weighted by Crippen LogP contribution is -2.33. The Kier molecular flexibility index (Phi) is 5.43. The van der Waals surface area contributed by atoms with Gasteiger partial charge in [0.15, 0.2) is 0 Å². The molecule has 1 aromatic rings. The Bertz CT molecular complexity index is 640. The maximum atomic E-state index is 11.7. The molecule has 124 valence electrons. The molecule has 2 unspecified atom stereocenters. The standard InChI is InChI=1S/C17H24N4O2/c1-11(2)19-17(22)23-15-7-6-14(10-15)16-12(3)20-21(13(16)4)9-5-8-18/h6-7,11,14-15H,5,9-10H2,1-4H3,(H,19,22). The van der Waals surface area contributed by atoms with E-state index < -0.39 is 0 Å². The number of aryl methyl sites for hydroxylation is 2. The summed E-state index contributed by atoms with van der Waals surface area (Å²) in [5.41, 5.74) is 3.23. The van der Waals surface area contributed by atoms with Crippen LogP contribution in [0, 0.1) is 25.2 Å². The number of amides is 1. The summed E-state index contributed by atoms with van der Waals surface area (Å²) >= 11 is 0. The van der Waals surface area contributed by atoms with Crippen LogP contribution in [0.1, 0.15) is 49.6 Å². The van der Waals surface area contributed by atoms with Crippen LogP contribution in [-0.2, 0) is 11.3 Å². The third-order valence-corrected chi connectivity index (χ3v) is 3.95. The van der Waals surface area contributed by atoms with Crippen LogP contribution >= 0.6 is 0 Å². The van der Waals surface area contributed by atoms with Crippen LogP contribution in [0.2, 0.25) is 0 Å². The summed E-state index contributed by atoms with van der Waals surface area (Å²) in [6.45, 7) is 8.42. The van der Waals surface area contributed by atoms with Crippen molar-refractivity contribution in [2.45, 2.75) is 65.1 Å². The molecule has 6 heteroatoms. The molecule has 0 aliphatic heterocycles. The number of rotatable bonds is 5. The van der Waals surface area contributed by atoms with Crippen LogP contribution in [-0.4, -0.2) is 28.0 Å². The molecule has 1 aliphatic rings. The summed E-state index contributed by atoms with van der Waals surface area (Å²) in [5.74, 6) is 0.197. The van der Waals surface area contributed by atoms with E-state index in [1.54, 1.807) is 0 Å². The lowest BCUT2D eigenvalue weighted by atomic mass is 9.96. The summed E-state index contributed by atoms with van der Waals surface area (Å²) < 4.78 is 7.31. The lowest BCUT2D eigenvalue weighted by Gasteiger charge is -2.15. The number of carbonyl (C=O) groups excluding carboxylic acids is 1. The Balaban J connectivity index is 2.02. The van der Waals surface area contributed by atoms with Gasteiger partial charge in [0, 0.05) is 23.2 Å². The van der Waals surface area contributed by atoms with Crippen LogP contribution in [0.4, 0.5) is 4.79 Å². The molecule has 0 spiro atoms. The van der Waals surface area contributed by atoms with Gasteiger partial charge in [-0.25, -0.2) is 4.79 Å². The van der Waals surface area contributed by atoms with Gasteiger partial charge in [-0.3, -0.25) is 4.68 Å². The summed E-state index contributed by atoms with van der Waals surface area (Å²) in [4.78, 5) is 11.7. The van der Waals surface area contributed by atoms with Crippen LogP contribution < -0.4 is 5.32 Å². The Hall–Kier alpha value is -2.29. The van der Waals surface area contributed by atoms with E-state index in [9.17, 15) is 4.79 Å². The molecule has 23 heavy (non-hydrogen) atoms. The van der Waals surface area contributed by atoms with Crippen molar-refractivity contribution in [1.29, 1.82) is 5.26 Å². The average Bonchev–Trinajstić information content (AvgIpc) is 3.00. The lowest BCUT2D eigenvalue weighted by molar-refractivity contribution is 0.115. The number of hydrogen-bond donors (Lipinski definition) is 1. The third-order valence-electron chi connectivity index (χ3n) is 3.95. The Labute approximate surface area is 137 Å². The first-order valence-electron chi connectivity index (χ1n) is 7.98. The first kappa shape index (κ1) is 17.1. The van der Waals surface area contributed by atoms with Gasteiger partial charge in [-0.1, -0.05) is 6.08 Å². The Morgan fingerprint density at radius 2 is 2.26 bits per heavy atom. The molecule has 6 nitrogen and oxygen atoms in total. The van der Waals surface area contributed by atoms with E-state index in [-0.39, 0.29) is 24.2 Å². The molecule has 1 aromatic heterocycles. The van der Waals surface area contributed by atoms with Gasteiger partial charge in [0.2, 0.25) is 0 Å². The second kappa shape index (κ2) is 7.32. The molecule has 0 saturated carbocycles. The summed E-state index contributed by atoms with van der Waals surface area (Å²) in [5, 5.41) is 16.0. The highest BCUT2D eigenvalue weighted by Gasteiger charge is 2.27. The highest BCUT2D eigenvalue weighted by molar-refractivity contribution is 5.68. The predicted octanol–water partition coefficient (Wildman–Crippen LogP) is 2.96. The van der Waals surface area contributed by atoms with E-state index in [0.29, 0.717) is 13.0 Å². The zero-order chi connectivity index (χ0) is 17.0. The number of nitrogens with zero attached hydrogens (tertiary/aromatic N) is 3. The predicted molar refractivity (Wildman–Crippen MR) is 87.0 cm³/mol. The number of hydrogen-bond acceptors (Lipinski definition) is 4. The van der Waals surface area contributed by atoms with Gasteiger partial charge in [0.1, 0.15) is 6.10 Å². The molecule has 0 fully saturated rings. The molecule has 1 aliphatic carbocycles. The quantitative estimate of drug-likeness (QED) is 0.847. The topological polar surface area (TPSA) is 79.9 Å². The van der Waals surface area contributed by atoms with E-state index in [2.05, 4.69) is 22.6 Å². The molecule has 1 N–H and O–H groups in total. The number of allylic oxidation sites excluding steroid dienone is 1. The van der Waals surface area contributed by atoms with Crippen molar-refractivity contribution in [2.75, 3.05) is 0 Å². The van der Waals surface area contributed by atoms with Crippen LogP contribution in [0.5, 0.6) is 0 Å². The van der Waals surface area contributed by atoms with Gasteiger partial charge in [0.05, 0.1) is 24.7 Å². The van der Waals surface area contributed by atoms with Gasteiger partial charge in [0.25, 0.3) is 0 Å². The monoisotopic (exact) mass is 316 g/mol. The van der Waals surface area contributed by atoms with Crippen molar-refractivity contribution >= 4 is 6.09 Å². The van der Waals surface area contributed by atoms with Gasteiger partial charge < -0.3 is 10.1 Å². The molecule has 1 amide bonds. The van der Waals surface area contributed by atoms with Crippen molar-refractivity contribution < 1.29 is 9.53 Å². The zero-order valence-electron chi connectivity index (χ0n) is 14.2. The second-order valence-electron chi connectivity index (χ2n) is 6.19. The summed E-state index contributed by atoms with van der Waals surface area (Å²) in [6, 6.07) is 2.21. The highest BCUT2D eigenvalue weighted by atomic mass is 16.6. The molecule has 2 rings (SSSR count). The number of alkyl carbamates (subject to hydrolysis) is 1. The van der Waals surface area contributed by atoms with Gasteiger partial charge >= 0.3 is 6.09 Å². The fraction of sp³-hybridized carbons (Fsp3) is 0.588. The van der Waals surface area contributed by atoms with Crippen molar-refractivity contribution in [2.24, 2.45) is 0 Å². The van der Waals surface area contributed by atoms with Gasteiger partial charge in [-0.05, 0) is 40.2 Å². The van der Waals surface area contributed by atoms with E-state index >= 15 is 0 Å². The smallest absolute Gasteiger partial charge is 0.407 e. The maximum absolute atomic E-state index is 11.7. The number of nitrogens with one attached hydrogen (secondary N) is 1. The van der Waals surface area contributed by atoms with Gasteiger partial charge in [-0.15, -0.1) is 0 Å². The molecule has 0 saturated heterocycles. The molecule has 2 atom stereocenters. The number of nitriles is 1. The first-order valence-corrected chi connectivity index (χ1v) is 7.98. The Morgan fingerprint density at radius 3 is 2.91 bits per heavy atom. The maximum Gasteiger partial charge on any atom is 0.407 e. The number of ether oxygens (including phenoxy) is 1. The normalized spacial score (nSPS) is 19.8. The largest absolute Gasteiger partial charge is 0.442 e. The van der Waals surface area contributed by atoms with E-state index in [1.807, 2.05) is 38.5 Å². The SMILES string of the molecule is Cc1nn(CCC#N)c(C)c1C1C=CC(OC(=O)NC(C)C)C1. The van der Waals surface area contributed by atoms with E-state index in [4.69, 9.17) is 10.00 Å². The van der Waals surface area contributed by atoms with Crippen LogP contribution in [0.15, 0.2) is 12.2 Å². The molecular weight excluding hydrogens is 292 g/mol.